The number of nitrogens with zero attached hydrogens (tertiary/aromatic N) is 3. The van der Waals surface area contributed by atoms with E-state index in [1.807, 2.05) is 0 Å². The first kappa shape index (κ1) is 36.5. The molecule has 6 N–H and O–H groups in total. The van der Waals surface area contributed by atoms with E-state index in [1.165, 1.54) is 0 Å². The van der Waals surface area contributed by atoms with Crippen LogP contribution >= 0.6 is 0 Å². The number of hydrogen-bond donors (Lipinski definition) is 6. The van der Waals surface area contributed by atoms with Gasteiger partial charge in [0.25, 0.3) is 0 Å². The van der Waals surface area contributed by atoms with Crippen LogP contribution in [0.15, 0.2) is 12.2 Å². The first-order chi connectivity index (χ1) is 20.1. The van der Waals surface area contributed by atoms with E-state index in [2.05, 4.69) is 16.0 Å². The molecule has 0 saturated carbocycles. The maximum absolute atomic E-state index is 12.0. The summed E-state index contributed by atoms with van der Waals surface area (Å²) >= 11 is 0. The van der Waals surface area contributed by atoms with Crippen molar-refractivity contribution in [3.8, 4) is 0 Å². The quantitative estimate of drug-likeness (QED) is 0.170. The number of rotatable bonds is 0. The molecule has 6 amide bonds. The molecule has 0 aromatic rings. The van der Waals surface area contributed by atoms with Gasteiger partial charge in [-0.05, 0) is 44.9 Å². The van der Waals surface area contributed by atoms with E-state index in [9.17, 15) is 44.4 Å². The summed E-state index contributed by atoms with van der Waals surface area (Å²) in [5.74, 6) is -2.77. The van der Waals surface area contributed by atoms with E-state index in [4.69, 9.17) is 0 Å². The van der Waals surface area contributed by atoms with Crippen LogP contribution in [0.1, 0.15) is 83.5 Å². The van der Waals surface area contributed by atoms with Crippen molar-refractivity contribution >= 4 is 35.4 Å². The molecule has 42 heavy (non-hydrogen) atoms. The molecule has 0 saturated heterocycles. The monoisotopic (exact) mass is 598 g/mol. The third-order valence-corrected chi connectivity index (χ3v) is 6.38. The Morgan fingerprint density at radius 3 is 1.33 bits per heavy atom. The molecular weight excluding hydrogens is 552 g/mol. The molecule has 15 nitrogen and oxygen atoms in total. The Morgan fingerprint density at radius 1 is 0.476 bits per heavy atom. The molecule has 1 rings (SSSR count). The second-order valence-electron chi connectivity index (χ2n) is 9.94. The average Bonchev–Trinajstić information content (AvgIpc) is 2.97. The Bertz CT molecular complexity index is 915. The van der Waals surface area contributed by atoms with Crippen LogP contribution in [0.2, 0.25) is 0 Å². The van der Waals surface area contributed by atoms with Gasteiger partial charge in [0.05, 0.1) is 6.54 Å². The van der Waals surface area contributed by atoms with Crippen molar-refractivity contribution in [1.82, 2.24) is 31.1 Å². The summed E-state index contributed by atoms with van der Waals surface area (Å²) in [7, 11) is 0. The number of amides is 6. The van der Waals surface area contributed by atoms with Gasteiger partial charge in [-0.2, -0.15) is 0 Å². The number of hydroxylamine groups is 6. The maximum atomic E-state index is 12.0. The lowest BCUT2D eigenvalue weighted by Crippen LogP contribution is -2.31. The summed E-state index contributed by atoms with van der Waals surface area (Å²) in [5, 5.41) is 39.3. The largest absolute Gasteiger partial charge is 0.356 e. The van der Waals surface area contributed by atoms with E-state index in [1.54, 1.807) is 12.2 Å². The van der Waals surface area contributed by atoms with Gasteiger partial charge in [0.15, 0.2) is 0 Å². The normalized spacial score (nSPS) is 21.7. The van der Waals surface area contributed by atoms with Crippen molar-refractivity contribution in [2.75, 3.05) is 39.3 Å². The summed E-state index contributed by atoms with van der Waals surface area (Å²) in [6, 6.07) is 0. The third kappa shape index (κ3) is 18.0. The standard InChI is InChI=1S/C27H46N6O9/c34-22-10-14-26(38)32(41)20-8-3-6-18-30-24(36)12-15-27(39)33(42)21-9-2-5-17-29-23(35)11-13-25(37)31(40)19-7-1-4-16-28-22/h1,7,40-42H,2-6,8-21H2,(H,28,34)(H,29,35)(H,30,36)/b7-1+. The highest BCUT2D eigenvalue weighted by Crippen LogP contribution is 2.03. The Hall–Kier alpha value is -3.56. The van der Waals surface area contributed by atoms with Crippen molar-refractivity contribution in [2.24, 2.45) is 0 Å². The van der Waals surface area contributed by atoms with Gasteiger partial charge in [-0.25, -0.2) is 15.2 Å². The fourth-order valence-corrected chi connectivity index (χ4v) is 3.83. The minimum Gasteiger partial charge on any atom is -0.356 e. The molecule has 1 aliphatic heterocycles. The molecule has 1 heterocycles. The minimum atomic E-state index is -0.613. The highest BCUT2D eigenvalue weighted by atomic mass is 16.5. The predicted molar refractivity (Wildman–Crippen MR) is 149 cm³/mol. The van der Waals surface area contributed by atoms with Crippen molar-refractivity contribution in [3.05, 3.63) is 12.2 Å². The second kappa shape index (κ2) is 22.1. The smallest absolute Gasteiger partial charge is 0.246 e. The van der Waals surface area contributed by atoms with Crippen LogP contribution in [0.5, 0.6) is 0 Å². The van der Waals surface area contributed by atoms with E-state index in [0.717, 1.165) is 0 Å². The molecule has 0 spiro atoms. The molecule has 0 aliphatic carbocycles. The molecule has 0 bridgehead atoms. The van der Waals surface area contributed by atoms with Crippen LogP contribution in [0.3, 0.4) is 0 Å². The van der Waals surface area contributed by atoms with E-state index >= 15 is 0 Å². The zero-order chi connectivity index (χ0) is 31.2. The summed E-state index contributed by atoms with van der Waals surface area (Å²) < 4.78 is 0. The van der Waals surface area contributed by atoms with Gasteiger partial charge >= 0.3 is 0 Å². The molecular formula is C27H46N6O9. The Labute approximate surface area is 246 Å². The van der Waals surface area contributed by atoms with Crippen molar-refractivity contribution in [2.45, 2.75) is 83.5 Å². The van der Waals surface area contributed by atoms with Gasteiger partial charge < -0.3 is 16.0 Å². The van der Waals surface area contributed by atoms with E-state index < -0.39 is 17.7 Å². The SMILES string of the molecule is O=C1CCC(=O)N(O)C/C=C/CCNC(=O)CCC(=O)N(O)CCCCCNC(=O)CCC(=O)N(O)CCCCCN1. The summed E-state index contributed by atoms with van der Waals surface area (Å²) in [6.45, 7) is 1.14. The van der Waals surface area contributed by atoms with Gasteiger partial charge in [-0.3, -0.25) is 44.4 Å². The third-order valence-electron chi connectivity index (χ3n) is 6.38. The highest BCUT2D eigenvalue weighted by Gasteiger charge is 2.15. The topological polar surface area (TPSA) is 209 Å². The average molecular weight is 599 g/mol. The van der Waals surface area contributed by atoms with E-state index in [0.29, 0.717) is 73.2 Å². The van der Waals surface area contributed by atoms with Gasteiger partial charge in [-0.15, -0.1) is 0 Å². The van der Waals surface area contributed by atoms with Gasteiger partial charge in [-0.1, -0.05) is 12.2 Å². The van der Waals surface area contributed by atoms with Crippen LogP contribution in [0, 0.1) is 0 Å². The number of carbonyl (C=O) groups excluding carboxylic acids is 6. The molecule has 238 valence electrons. The zero-order valence-corrected chi connectivity index (χ0v) is 24.2. The lowest BCUT2D eigenvalue weighted by Gasteiger charge is -2.15. The van der Waals surface area contributed by atoms with Crippen molar-refractivity contribution < 1.29 is 44.4 Å². The Balaban J connectivity index is 2.53. The van der Waals surface area contributed by atoms with Crippen molar-refractivity contribution in [3.63, 3.8) is 0 Å². The number of hydrogen-bond acceptors (Lipinski definition) is 9. The van der Waals surface area contributed by atoms with Crippen LogP contribution in [-0.2, 0) is 28.8 Å². The summed E-state index contributed by atoms with van der Waals surface area (Å²) in [5.41, 5.74) is 0. The molecule has 0 aromatic carbocycles. The zero-order valence-electron chi connectivity index (χ0n) is 24.2. The van der Waals surface area contributed by atoms with Gasteiger partial charge in [0, 0.05) is 71.2 Å². The van der Waals surface area contributed by atoms with Crippen LogP contribution < -0.4 is 16.0 Å². The maximum Gasteiger partial charge on any atom is 0.246 e. The first-order valence-corrected chi connectivity index (χ1v) is 14.5. The molecule has 0 unspecified atom stereocenters. The summed E-state index contributed by atoms with van der Waals surface area (Å²) in [6.07, 6.45) is 6.42. The predicted octanol–water partition coefficient (Wildman–Crippen LogP) is 0.630. The molecule has 1 aliphatic rings. The van der Waals surface area contributed by atoms with Crippen molar-refractivity contribution in [1.29, 1.82) is 0 Å². The fourth-order valence-electron chi connectivity index (χ4n) is 3.83. The fraction of sp³-hybridized carbons (Fsp3) is 0.704. The minimum absolute atomic E-state index is 0.0680. The molecule has 15 heteroatoms. The first-order valence-electron chi connectivity index (χ1n) is 14.5. The van der Waals surface area contributed by atoms with Crippen LogP contribution in [0.4, 0.5) is 0 Å². The molecule has 0 aromatic heterocycles. The number of nitrogens with one attached hydrogen (secondary N) is 3. The Kier molecular flexibility index (Phi) is 19.2. The van der Waals surface area contributed by atoms with Gasteiger partial charge in [0.1, 0.15) is 0 Å². The van der Waals surface area contributed by atoms with E-state index in [-0.39, 0.29) is 82.4 Å². The van der Waals surface area contributed by atoms with Crippen LogP contribution in [-0.4, -0.2) is 106 Å². The highest BCUT2D eigenvalue weighted by molar-refractivity contribution is 5.84. The Morgan fingerprint density at radius 2 is 0.881 bits per heavy atom. The summed E-state index contributed by atoms with van der Waals surface area (Å²) in [4.78, 5) is 71.9. The van der Waals surface area contributed by atoms with Crippen LogP contribution in [0.25, 0.3) is 0 Å². The lowest BCUT2D eigenvalue weighted by atomic mass is 10.2. The lowest BCUT2D eigenvalue weighted by molar-refractivity contribution is -0.166. The second-order valence-corrected chi connectivity index (χ2v) is 9.94. The molecule has 0 atom stereocenters. The number of carbonyl (C=O) groups is 6. The molecule has 0 fully saturated rings. The molecule has 0 radical (unpaired) electrons. The van der Waals surface area contributed by atoms with Gasteiger partial charge in [0.2, 0.25) is 35.4 Å².